The van der Waals surface area contributed by atoms with Gasteiger partial charge < -0.3 is 10.3 Å². The van der Waals surface area contributed by atoms with Crippen LogP contribution in [0.3, 0.4) is 0 Å². The van der Waals surface area contributed by atoms with E-state index in [9.17, 15) is 14.9 Å². The van der Waals surface area contributed by atoms with E-state index in [4.69, 9.17) is 11.6 Å². The van der Waals surface area contributed by atoms with Crippen molar-refractivity contribution in [3.8, 4) is 0 Å². The minimum absolute atomic E-state index is 0.171. The van der Waals surface area contributed by atoms with Crippen LogP contribution in [0.15, 0.2) is 47.5 Å². The Morgan fingerprint density at radius 2 is 2.12 bits per heavy atom. The number of rotatable bonds is 4. The van der Waals surface area contributed by atoms with Gasteiger partial charge in [-0.25, -0.2) is 4.98 Å². The first-order valence-corrected chi connectivity index (χ1v) is 7.51. The molecule has 1 aromatic heterocycles. The molecule has 122 valence electrons. The number of halogens is 1. The second kappa shape index (κ2) is 6.29. The van der Waals surface area contributed by atoms with Crippen LogP contribution in [0.5, 0.6) is 0 Å². The number of nitro groups is 1. The molecule has 7 nitrogen and oxygen atoms in total. The van der Waals surface area contributed by atoms with E-state index >= 15 is 0 Å². The number of nitro benzene ring substituents is 1. The van der Waals surface area contributed by atoms with Crippen LogP contribution in [0.4, 0.5) is 11.4 Å². The first kappa shape index (κ1) is 15.9. The van der Waals surface area contributed by atoms with Crippen LogP contribution in [0.1, 0.15) is 18.5 Å². The molecule has 0 saturated heterocycles. The normalized spacial score (nSPS) is 12.1. The molecule has 0 aliphatic carbocycles. The fourth-order valence-electron chi connectivity index (χ4n) is 2.46. The van der Waals surface area contributed by atoms with E-state index < -0.39 is 10.5 Å². The molecule has 2 N–H and O–H groups in total. The predicted octanol–water partition coefficient (Wildman–Crippen LogP) is 3.66. The maximum atomic E-state index is 11.8. The van der Waals surface area contributed by atoms with Crippen LogP contribution in [0, 0.1) is 10.1 Å². The number of aromatic amines is 1. The molecule has 0 bridgehead atoms. The number of benzene rings is 2. The summed E-state index contributed by atoms with van der Waals surface area (Å²) in [5.41, 5.74) is 0.950. The van der Waals surface area contributed by atoms with E-state index in [0.29, 0.717) is 10.5 Å². The largest absolute Gasteiger partial charge is 0.373 e. The molecule has 1 unspecified atom stereocenters. The van der Waals surface area contributed by atoms with Gasteiger partial charge in [0.1, 0.15) is 5.69 Å². The zero-order valence-corrected chi connectivity index (χ0v) is 13.4. The highest BCUT2D eigenvalue weighted by Crippen LogP contribution is 2.31. The molecule has 0 aliphatic heterocycles. The summed E-state index contributed by atoms with van der Waals surface area (Å²) in [7, 11) is 0. The van der Waals surface area contributed by atoms with E-state index in [0.717, 1.165) is 5.56 Å². The van der Waals surface area contributed by atoms with Crippen LogP contribution < -0.4 is 10.9 Å². The molecule has 3 rings (SSSR count). The van der Waals surface area contributed by atoms with Crippen molar-refractivity contribution in [1.82, 2.24) is 9.97 Å². The Bertz CT molecular complexity index is 986. The van der Waals surface area contributed by atoms with E-state index in [1.165, 1.54) is 18.5 Å². The summed E-state index contributed by atoms with van der Waals surface area (Å²) < 4.78 is 0. The Labute approximate surface area is 141 Å². The number of hydrogen-bond acceptors (Lipinski definition) is 5. The quantitative estimate of drug-likeness (QED) is 0.555. The third kappa shape index (κ3) is 3.07. The van der Waals surface area contributed by atoms with Gasteiger partial charge in [-0.2, -0.15) is 0 Å². The molecule has 0 spiro atoms. The fourth-order valence-corrected chi connectivity index (χ4v) is 2.66. The zero-order chi connectivity index (χ0) is 17.3. The van der Waals surface area contributed by atoms with Gasteiger partial charge in [-0.3, -0.25) is 14.9 Å². The smallest absolute Gasteiger partial charge is 0.293 e. The molecular formula is C16H13ClN4O3. The Kier molecular flexibility index (Phi) is 4.18. The molecule has 1 atom stereocenters. The third-order valence-electron chi connectivity index (χ3n) is 3.68. The summed E-state index contributed by atoms with van der Waals surface area (Å²) in [5, 5.41) is 15.2. The standard InChI is InChI=1S/C16H13ClN4O3/c1-9(10-3-2-4-11(17)5-10)20-14-7-13-12(6-15(14)21(23)24)16(22)19-8-18-13/h2-9,20H,1H3,(H,18,19,22). The van der Waals surface area contributed by atoms with Crippen molar-refractivity contribution in [2.45, 2.75) is 13.0 Å². The SMILES string of the molecule is CC(Nc1cc2nc[nH]c(=O)c2cc1[N+](=O)[O-])c1cccc(Cl)c1. The zero-order valence-electron chi connectivity index (χ0n) is 12.6. The minimum Gasteiger partial charge on any atom is -0.373 e. The highest BCUT2D eigenvalue weighted by molar-refractivity contribution is 6.30. The van der Waals surface area contributed by atoms with Crippen LogP contribution in [0.2, 0.25) is 5.02 Å². The minimum atomic E-state index is -0.529. The van der Waals surface area contributed by atoms with Gasteiger partial charge in [0.25, 0.3) is 11.2 Å². The Morgan fingerprint density at radius 1 is 1.33 bits per heavy atom. The van der Waals surface area contributed by atoms with E-state index in [2.05, 4.69) is 15.3 Å². The van der Waals surface area contributed by atoms with Crippen LogP contribution >= 0.6 is 11.6 Å². The van der Waals surface area contributed by atoms with Crippen molar-refractivity contribution < 1.29 is 4.92 Å². The second-order valence-corrected chi connectivity index (χ2v) is 5.73. The Balaban J connectivity index is 2.06. The van der Waals surface area contributed by atoms with E-state index in [-0.39, 0.29) is 22.8 Å². The number of nitrogens with zero attached hydrogens (tertiary/aromatic N) is 2. The Hall–Kier alpha value is -2.93. The summed E-state index contributed by atoms with van der Waals surface area (Å²) in [6.45, 7) is 1.87. The van der Waals surface area contributed by atoms with Gasteiger partial charge in [-0.1, -0.05) is 23.7 Å². The van der Waals surface area contributed by atoms with Crippen molar-refractivity contribution >= 4 is 33.9 Å². The number of fused-ring (bicyclic) bond motifs is 1. The van der Waals surface area contributed by atoms with Crippen molar-refractivity contribution in [2.24, 2.45) is 0 Å². The highest BCUT2D eigenvalue weighted by Gasteiger charge is 2.19. The van der Waals surface area contributed by atoms with Crippen LogP contribution in [-0.4, -0.2) is 14.9 Å². The first-order valence-electron chi connectivity index (χ1n) is 7.13. The molecule has 0 fully saturated rings. The topological polar surface area (TPSA) is 101 Å². The van der Waals surface area contributed by atoms with Crippen LogP contribution in [-0.2, 0) is 0 Å². The van der Waals surface area contributed by atoms with Gasteiger partial charge in [-0.15, -0.1) is 0 Å². The lowest BCUT2D eigenvalue weighted by atomic mass is 10.1. The van der Waals surface area contributed by atoms with Crippen molar-refractivity contribution in [1.29, 1.82) is 0 Å². The van der Waals surface area contributed by atoms with Crippen molar-refractivity contribution in [2.75, 3.05) is 5.32 Å². The highest BCUT2D eigenvalue weighted by atomic mass is 35.5. The lowest BCUT2D eigenvalue weighted by Gasteiger charge is -2.16. The number of aromatic nitrogens is 2. The number of anilines is 1. The van der Waals surface area contributed by atoms with Gasteiger partial charge in [0.05, 0.1) is 22.2 Å². The van der Waals surface area contributed by atoms with Crippen molar-refractivity contribution in [3.63, 3.8) is 0 Å². The number of hydrogen-bond donors (Lipinski definition) is 2. The maximum absolute atomic E-state index is 11.8. The number of nitrogens with one attached hydrogen (secondary N) is 2. The van der Waals surface area contributed by atoms with Gasteiger partial charge in [0.15, 0.2) is 0 Å². The average molecular weight is 345 g/mol. The van der Waals surface area contributed by atoms with E-state index in [1.54, 1.807) is 12.1 Å². The molecule has 8 heteroatoms. The lowest BCUT2D eigenvalue weighted by Crippen LogP contribution is -2.11. The monoisotopic (exact) mass is 344 g/mol. The van der Waals surface area contributed by atoms with Crippen LogP contribution in [0.25, 0.3) is 10.9 Å². The predicted molar refractivity (Wildman–Crippen MR) is 92.5 cm³/mol. The summed E-state index contributed by atoms with van der Waals surface area (Å²) >= 11 is 5.98. The molecule has 24 heavy (non-hydrogen) atoms. The molecule has 0 aliphatic rings. The maximum Gasteiger partial charge on any atom is 0.293 e. The average Bonchev–Trinajstić information content (AvgIpc) is 2.54. The van der Waals surface area contributed by atoms with Gasteiger partial charge in [0, 0.05) is 17.1 Å². The molecule has 0 saturated carbocycles. The van der Waals surface area contributed by atoms with Gasteiger partial charge in [0.2, 0.25) is 0 Å². The lowest BCUT2D eigenvalue weighted by molar-refractivity contribution is -0.383. The van der Waals surface area contributed by atoms with E-state index in [1.807, 2.05) is 19.1 Å². The fraction of sp³-hybridized carbons (Fsp3) is 0.125. The van der Waals surface area contributed by atoms with Gasteiger partial charge >= 0.3 is 0 Å². The van der Waals surface area contributed by atoms with Gasteiger partial charge in [-0.05, 0) is 30.7 Å². The summed E-state index contributed by atoms with van der Waals surface area (Å²) in [5.74, 6) is 0. The molecule has 2 aromatic carbocycles. The summed E-state index contributed by atoms with van der Waals surface area (Å²) in [4.78, 5) is 29.1. The molecular weight excluding hydrogens is 332 g/mol. The van der Waals surface area contributed by atoms with Crippen molar-refractivity contribution in [3.05, 3.63) is 73.8 Å². The number of H-pyrrole nitrogens is 1. The third-order valence-corrected chi connectivity index (χ3v) is 3.91. The Morgan fingerprint density at radius 3 is 2.83 bits per heavy atom. The first-order chi connectivity index (χ1) is 11.5. The molecule has 3 aromatic rings. The summed E-state index contributed by atoms with van der Waals surface area (Å²) in [6.07, 6.45) is 1.26. The second-order valence-electron chi connectivity index (χ2n) is 5.30. The summed E-state index contributed by atoms with van der Waals surface area (Å²) in [6, 6.07) is 9.74. The molecule has 0 radical (unpaired) electrons. The molecule has 0 amide bonds. The molecule has 1 heterocycles.